The van der Waals surface area contributed by atoms with Crippen LogP contribution in [0.15, 0.2) is 24.4 Å². The van der Waals surface area contributed by atoms with Crippen molar-refractivity contribution in [2.75, 3.05) is 0 Å². The van der Waals surface area contributed by atoms with Crippen molar-refractivity contribution in [2.45, 2.75) is 32.7 Å². The quantitative estimate of drug-likeness (QED) is 0.631. The molecule has 0 aliphatic heterocycles. The van der Waals surface area contributed by atoms with Gasteiger partial charge in [-0.1, -0.05) is 0 Å². The van der Waals surface area contributed by atoms with Gasteiger partial charge >= 0.3 is 0 Å². The van der Waals surface area contributed by atoms with Gasteiger partial charge in [0, 0.05) is 36.4 Å². The van der Waals surface area contributed by atoms with Gasteiger partial charge in [0.1, 0.15) is 0 Å². The van der Waals surface area contributed by atoms with E-state index in [0.717, 1.165) is 24.2 Å². The molecule has 0 aromatic carbocycles. The molecule has 19 heavy (non-hydrogen) atoms. The monoisotopic (exact) mass is 259 g/mol. The zero-order chi connectivity index (χ0) is 13.8. The highest BCUT2D eigenvalue weighted by atomic mass is 15.3. The number of hydrogen-bond acceptors (Lipinski definition) is 4. The lowest BCUT2D eigenvalue weighted by molar-refractivity contribution is 0.505. The van der Waals surface area contributed by atoms with E-state index in [2.05, 4.69) is 27.6 Å². The molecule has 2 aromatic rings. The Morgan fingerprint density at radius 1 is 1.32 bits per heavy atom. The summed E-state index contributed by atoms with van der Waals surface area (Å²) in [5, 5.41) is 4.18. The van der Waals surface area contributed by atoms with Crippen molar-refractivity contribution >= 4 is 0 Å². The van der Waals surface area contributed by atoms with Crippen LogP contribution in [0.25, 0.3) is 0 Å². The number of nitrogens with zero attached hydrogens (tertiary/aromatic N) is 3. The highest BCUT2D eigenvalue weighted by molar-refractivity contribution is 5.23. The van der Waals surface area contributed by atoms with Gasteiger partial charge < -0.3 is 0 Å². The topological polar surface area (TPSA) is 68.8 Å². The molecule has 5 nitrogen and oxygen atoms in total. The van der Waals surface area contributed by atoms with Gasteiger partial charge in [-0.15, -0.1) is 0 Å². The summed E-state index contributed by atoms with van der Waals surface area (Å²) >= 11 is 0. The van der Waals surface area contributed by atoms with Gasteiger partial charge in [-0.05, 0) is 50.5 Å². The smallest absolute Gasteiger partial charge is 0.0492 e. The van der Waals surface area contributed by atoms with E-state index >= 15 is 0 Å². The fraction of sp³-hybridized carbons (Fsp3) is 0.429. The van der Waals surface area contributed by atoms with Gasteiger partial charge in [0.15, 0.2) is 0 Å². The van der Waals surface area contributed by atoms with Crippen molar-refractivity contribution in [3.8, 4) is 0 Å². The summed E-state index contributed by atoms with van der Waals surface area (Å²) < 4.78 is 1.90. The minimum Gasteiger partial charge on any atom is -0.273 e. The van der Waals surface area contributed by atoms with Gasteiger partial charge in [0.05, 0.1) is 0 Å². The minimum atomic E-state index is 0.135. The molecule has 0 amide bonds. The van der Waals surface area contributed by atoms with Crippen LogP contribution >= 0.6 is 0 Å². The summed E-state index contributed by atoms with van der Waals surface area (Å²) in [6.07, 6.45) is 3.69. The predicted molar refractivity (Wildman–Crippen MR) is 75.3 cm³/mol. The fourth-order valence-electron chi connectivity index (χ4n) is 2.35. The summed E-state index contributed by atoms with van der Waals surface area (Å²) in [5.41, 5.74) is 7.35. The maximum absolute atomic E-state index is 5.69. The molecule has 2 heterocycles. The van der Waals surface area contributed by atoms with Crippen molar-refractivity contribution in [3.05, 3.63) is 47.0 Å². The highest BCUT2D eigenvalue weighted by Crippen LogP contribution is 2.19. The molecular formula is C14H21N5. The standard InChI is InChI=1S/C14H21N5/c1-10-8-12(9-11(2)17-10)14(18-15)5-4-13-6-7-16-19(13)3/h6-9,14,18H,4-5,15H2,1-3H3. The Morgan fingerprint density at radius 3 is 2.53 bits per heavy atom. The van der Waals surface area contributed by atoms with Crippen LogP contribution in [-0.2, 0) is 13.5 Å². The van der Waals surface area contributed by atoms with E-state index < -0.39 is 0 Å². The molecule has 0 saturated heterocycles. The first-order chi connectivity index (χ1) is 9.10. The Kier molecular flexibility index (Phi) is 4.29. The lowest BCUT2D eigenvalue weighted by Gasteiger charge is -2.17. The third-order valence-electron chi connectivity index (χ3n) is 3.32. The molecule has 0 bridgehead atoms. The maximum Gasteiger partial charge on any atom is 0.0492 e. The van der Waals surface area contributed by atoms with E-state index in [0.29, 0.717) is 0 Å². The molecule has 0 fully saturated rings. The van der Waals surface area contributed by atoms with E-state index in [1.54, 1.807) is 0 Å². The third kappa shape index (κ3) is 3.39. The van der Waals surface area contributed by atoms with Crippen molar-refractivity contribution in [3.63, 3.8) is 0 Å². The van der Waals surface area contributed by atoms with Gasteiger partial charge in [0.25, 0.3) is 0 Å². The maximum atomic E-state index is 5.69. The zero-order valence-corrected chi connectivity index (χ0v) is 11.7. The average Bonchev–Trinajstić information content (AvgIpc) is 2.75. The van der Waals surface area contributed by atoms with Crippen molar-refractivity contribution in [1.82, 2.24) is 20.2 Å². The predicted octanol–water partition coefficient (Wildman–Crippen LogP) is 1.57. The number of pyridine rings is 1. The van der Waals surface area contributed by atoms with E-state index in [1.165, 1.54) is 11.3 Å². The summed E-state index contributed by atoms with van der Waals surface area (Å²) in [5.74, 6) is 5.69. The number of hydrogen-bond donors (Lipinski definition) is 2. The number of nitrogens with one attached hydrogen (secondary N) is 1. The lowest BCUT2D eigenvalue weighted by atomic mass is 10.0. The molecule has 0 saturated carbocycles. The second-order valence-electron chi connectivity index (χ2n) is 4.89. The Balaban J connectivity index is 2.09. The van der Waals surface area contributed by atoms with Crippen molar-refractivity contribution in [2.24, 2.45) is 12.9 Å². The largest absolute Gasteiger partial charge is 0.273 e. The molecule has 102 valence electrons. The number of nitrogens with two attached hydrogens (primary N) is 1. The Labute approximate surface area is 113 Å². The molecule has 0 aliphatic carbocycles. The number of hydrazine groups is 1. The van der Waals surface area contributed by atoms with Crippen LogP contribution in [0.4, 0.5) is 0 Å². The summed E-state index contributed by atoms with van der Waals surface area (Å²) in [6, 6.07) is 6.34. The van der Waals surface area contributed by atoms with E-state index in [9.17, 15) is 0 Å². The third-order valence-corrected chi connectivity index (χ3v) is 3.32. The normalized spacial score (nSPS) is 12.6. The first kappa shape index (κ1) is 13.7. The van der Waals surface area contributed by atoms with E-state index in [-0.39, 0.29) is 6.04 Å². The van der Waals surface area contributed by atoms with Crippen LogP contribution in [0.1, 0.15) is 35.1 Å². The molecule has 0 aliphatic rings. The van der Waals surface area contributed by atoms with Crippen LogP contribution < -0.4 is 11.3 Å². The Morgan fingerprint density at radius 2 is 2.00 bits per heavy atom. The molecule has 1 atom stereocenters. The van der Waals surface area contributed by atoms with Crippen LogP contribution in [0.2, 0.25) is 0 Å². The molecule has 2 rings (SSSR count). The van der Waals surface area contributed by atoms with Crippen molar-refractivity contribution in [1.29, 1.82) is 0 Å². The average molecular weight is 259 g/mol. The van der Waals surface area contributed by atoms with Crippen molar-refractivity contribution < 1.29 is 0 Å². The fourth-order valence-corrected chi connectivity index (χ4v) is 2.35. The van der Waals surface area contributed by atoms with E-state index in [4.69, 9.17) is 5.84 Å². The van der Waals surface area contributed by atoms with Gasteiger partial charge in [0.2, 0.25) is 0 Å². The Hall–Kier alpha value is -1.72. The molecular weight excluding hydrogens is 238 g/mol. The first-order valence-corrected chi connectivity index (χ1v) is 6.48. The first-order valence-electron chi connectivity index (χ1n) is 6.48. The lowest BCUT2D eigenvalue weighted by Crippen LogP contribution is -2.28. The number of aryl methyl sites for hydroxylation is 4. The minimum absolute atomic E-state index is 0.135. The van der Waals surface area contributed by atoms with Crippen LogP contribution in [-0.4, -0.2) is 14.8 Å². The second-order valence-corrected chi connectivity index (χ2v) is 4.89. The van der Waals surface area contributed by atoms with Gasteiger partial charge in [-0.25, -0.2) is 0 Å². The number of aromatic nitrogens is 3. The summed E-state index contributed by atoms with van der Waals surface area (Å²) in [6.45, 7) is 4.01. The highest BCUT2D eigenvalue weighted by Gasteiger charge is 2.12. The Bertz CT molecular complexity index is 526. The molecule has 3 N–H and O–H groups in total. The van der Waals surface area contributed by atoms with Gasteiger partial charge in [-0.3, -0.25) is 20.9 Å². The molecule has 0 spiro atoms. The van der Waals surface area contributed by atoms with Crippen LogP contribution in [0.3, 0.4) is 0 Å². The van der Waals surface area contributed by atoms with Gasteiger partial charge in [-0.2, -0.15) is 5.10 Å². The van der Waals surface area contributed by atoms with E-state index in [1.807, 2.05) is 37.8 Å². The summed E-state index contributed by atoms with van der Waals surface area (Å²) in [4.78, 5) is 4.39. The zero-order valence-electron chi connectivity index (χ0n) is 11.7. The molecule has 0 radical (unpaired) electrons. The number of rotatable bonds is 5. The molecule has 5 heteroatoms. The molecule has 1 unspecified atom stereocenters. The molecule has 2 aromatic heterocycles. The van der Waals surface area contributed by atoms with Crippen LogP contribution in [0, 0.1) is 13.8 Å². The second kappa shape index (κ2) is 5.95. The summed E-state index contributed by atoms with van der Waals surface area (Å²) in [7, 11) is 1.96. The van der Waals surface area contributed by atoms with Crippen LogP contribution in [0.5, 0.6) is 0 Å². The SMILES string of the molecule is Cc1cc(C(CCc2ccnn2C)NN)cc(C)n1.